The lowest BCUT2D eigenvalue weighted by Crippen LogP contribution is -2.27. The highest BCUT2D eigenvalue weighted by Gasteiger charge is 2.45. The molecule has 0 fully saturated rings. The van der Waals surface area contributed by atoms with Crippen molar-refractivity contribution >= 4 is 34.1 Å². The molecule has 0 saturated heterocycles. The van der Waals surface area contributed by atoms with Crippen LogP contribution in [0.5, 0.6) is 0 Å². The van der Waals surface area contributed by atoms with Crippen LogP contribution in [0.2, 0.25) is 0 Å². The second kappa shape index (κ2) is 5.34. The van der Waals surface area contributed by atoms with Crippen LogP contribution in [0.25, 0.3) is 0 Å². The van der Waals surface area contributed by atoms with Gasteiger partial charge in [0.25, 0.3) is 0 Å². The standard InChI is InChI=1S/C17H17BrN2O/c18-14-2-1-11-8-17(16(21)15(11)7-14)5-3-12(9-19)13(10-20)4-6-17/h1-2,7,9-10,19-20H,3-6,8H2. The molecule has 0 saturated carbocycles. The SMILES string of the molecule is N=CC1=C(C=N)CCC2(CC1)Cc1ccc(Br)cc1C2=O. The Balaban J connectivity index is 1.94. The number of carbonyl (C=O) groups is 1. The number of ketones is 1. The summed E-state index contributed by atoms with van der Waals surface area (Å²) in [5, 5.41) is 15.0. The van der Waals surface area contributed by atoms with E-state index in [1.54, 1.807) is 0 Å². The maximum absolute atomic E-state index is 12.9. The molecule has 0 unspecified atom stereocenters. The first kappa shape index (κ1) is 14.4. The lowest BCUT2D eigenvalue weighted by atomic mass is 9.76. The summed E-state index contributed by atoms with van der Waals surface area (Å²) in [5.74, 6) is 0.245. The average molecular weight is 345 g/mol. The van der Waals surface area contributed by atoms with Crippen LogP contribution in [-0.4, -0.2) is 18.2 Å². The van der Waals surface area contributed by atoms with Gasteiger partial charge in [0.2, 0.25) is 0 Å². The summed E-state index contributed by atoms with van der Waals surface area (Å²) >= 11 is 3.44. The summed E-state index contributed by atoms with van der Waals surface area (Å²) in [6, 6.07) is 5.96. The Bertz CT molecular complexity index is 653. The number of halogens is 1. The normalized spacial score (nSPS) is 24.9. The molecule has 1 aromatic rings. The van der Waals surface area contributed by atoms with Gasteiger partial charge in [-0.1, -0.05) is 22.0 Å². The van der Waals surface area contributed by atoms with E-state index in [0.717, 1.165) is 58.8 Å². The lowest BCUT2D eigenvalue weighted by Gasteiger charge is -2.25. The topological polar surface area (TPSA) is 64.8 Å². The number of rotatable bonds is 2. The monoisotopic (exact) mass is 344 g/mol. The molecule has 2 aliphatic rings. The third-order valence-corrected chi connectivity index (χ3v) is 5.33. The molecule has 0 amide bonds. The van der Waals surface area contributed by atoms with Gasteiger partial charge in [-0.05, 0) is 60.9 Å². The molecule has 0 aromatic heterocycles. The summed E-state index contributed by atoms with van der Waals surface area (Å²) in [6.45, 7) is 0. The quantitative estimate of drug-likeness (QED) is 0.769. The van der Waals surface area contributed by atoms with Crippen molar-refractivity contribution in [2.24, 2.45) is 5.41 Å². The van der Waals surface area contributed by atoms with E-state index < -0.39 is 0 Å². The van der Waals surface area contributed by atoms with Crippen molar-refractivity contribution in [1.82, 2.24) is 0 Å². The van der Waals surface area contributed by atoms with E-state index in [4.69, 9.17) is 10.8 Å². The van der Waals surface area contributed by atoms with Crippen LogP contribution in [0.4, 0.5) is 0 Å². The second-order valence-corrected chi connectivity index (χ2v) is 6.84. The second-order valence-electron chi connectivity index (χ2n) is 5.93. The van der Waals surface area contributed by atoms with Crippen LogP contribution < -0.4 is 0 Å². The lowest BCUT2D eigenvalue weighted by molar-refractivity contribution is 0.0794. The first-order valence-corrected chi connectivity index (χ1v) is 7.95. The fraction of sp³-hybridized carbons (Fsp3) is 0.353. The zero-order valence-electron chi connectivity index (χ0n) is 11.7. The molecule has 21 heavy (non-hydrogen) atoms. The summed E-state index contributed by atoms with van der Waals surface area (Å²) in [7, 11) is 0. The molecular formula is C17H17BrN2O. The Morgan fingerprint density at radius 2 is 1.71 bits per heavy atom. The minimum absolute atomic E-state index is 0.245. The van der Waals surface area contributed by atoms with Crippen LogP contribution >= 0.6 is 15.9 Å². The molecule has 4 heteroatoms. The van der Waals surface area contributed by atoms with E-state index in [1.807, 2.05) is 18.2 Å². The van der Waals surface area contributed by atoms with Gasteiger partial charge in [0.15, 0.2) is 5.78 Å². The fourth-order valence-electron chi connectivity index (χ4n) is 3.57. The molecule has 2 aliphatic carbocycles. The number of hydrogen-bond acceptors (Lipinski definition) is 3. The van der Waals surface area contributed by atoms with Gasteiger partial charge in [0, 0.05) is 27.9 Å². The van der Waals surface area contributed by atoms with Gasteiger partial charge in [0.1, 0.15) is 0 Å². The van der Waals surface area contributed by atoms with Crippen LogP contribution in [0.3, 0.4) is 0 Å². The van der Waals surface area contributed by atoms with Crippen LogP contribution in [0, 0.1) is 16.2 Å². The van der Waals surface area contributed by atoms with Crippen molar-refractivity contribution in [1.29, 1.82) is 10.8 Å². The van der Waals surface area contributed by atoms with E-state index in [9.17, 15) is 4.79 Å². The maximum atomic E-state index is 12.9. The van der Waals surface area contributed by atoms with E-state index in [0.29, 0.717) is 0 Å². The van der Waals surface area contributed by atoms with Gasteiger partial charge in [0.05, 0.1) is 0 Å². The fourth-order valence-corrected chi connectivity index (χ4v) is 3.93. The van der Waals surface area contributed by atoms with Crippen molar-refractivity contribution in [3.05, 3.63) is 44.9 Å². The molecule has 108 valence electrons. The average Bonchev–Trinajstić information content (AvgIpc) is 2.65. The maximum Gasteiger partial charge on any atom is 0.169 e. The van der Waals surface area contributed by atoms with Crippen molar-refractivity contribution in [2.45, 2.75) is 32.1 Å². The number of allylic oxidation sites excluding steroid dienone is 2. The van der Waals surface area contributed by atoms with E-state index in [-0.39, 0.29) is 11.2 Å². The van der Waals surface area contributed by atoms with E-state index in [2.05, 4.69) is 15.9 Å². The third kappa shape index (κ3) is 2.31. The Hall–Kier alpha value is -1.55. The minimum atomic E-state index is -0.331. The van der Waals surface area contributed by atoms with Gasteiger partial charge in [-0.25, -0.2) is 0 Å². The first-order chi connectivity index (χ1) is 10.1. The molecule has 1 spiro atoms. The molecule has 0 radical (unpaired) electrons. The van der Waals surface area contributed by atoms with Gasteiger partial charge >= 0.3 is 0 Å². The Morgan fingerprint density at radius 3 is 2.29 bits per heavy atom. The summed E-state index contributed by atoms with van der Waals surface area (Å²) in [4.78, 5) is 12.9. The number of benzene rings is 1. The minimum Gasteiger partial charge on any atom is -0.308 e. The van der Waals surface area contributed by atoms with Gasteiger partial charge < -0.3 is 10.8 Å². The number of hydrogen-bond donors (Lipinski definition) is 2. The van der Waals surface area contributed by atoms with Gasteiger partial charge in [-0.15, -0.1) is 0 Å². The van der Waals surface area contributed by atoms with E-state index >= 15 is 0 Å². The molecule has 2 N–H and O–H groups in total. The number of fused-ring (bicyclic) bond motifs is 1. The summed E-state index contributed by atoms with van der Waals surface area (Å²) in [5.41, 5.74) is 3.47. The molecule has 0 atom stereocenters. The predicted octanol–water partition coefficient (Wildman–Crippen LogP) is 4.34. The van der Waals surface area contributed by atoms with Crippen molar-refractivity contribution < 1.29 is 4.79 Å². The zero-order chi connectivity index (χ0) is 15.0. The third-order valence-electron chi connectivity index (χ3n) is 4.83. The molecule has 0 bridgehead atoms. The van der Waals surface area contributed by atoms with Crippen LogP contribution in [-0.2, 0) is 6.42 Å². The number of nitrogens with one attached hydrogen (secondary N) is 2. The van der Waals surface area contributed by atoms with E-state index in [1.165, 1.54) is 12.4 Å². The van der Waals surface area contributed by atoms with Gasteiger partial charge in [-0.2, -0.15) is 0 Å². The largest absolute Gasteiger partial charge is 0.308 e. The van der Waals surface area contributed by atoms with Gasteiger partial charge in [-0.3, -0.25) is 4.79 Å². The number of carbonyl (C=O) groups excluding carboxylic acids is 1. The van der Waals surface area contributed by atoms with Crippen molar-refractivity contribution in [2.75, 3.05) is 0 Å². The Morgan fingerprint density at radius 1 is 1.10 bits per heavy atom. The highest BCUT2D eigenvalue weighted by molar-refractivity contribution is 9.10. The zero-order valence-corrected chi connectivity index (χ0v) is 13.3. The predicted molar refractivity (Wildman–Crippen MR) is 87.7 cm³/mol. The summed E-state index contributed by atoms with van der Waals surface area (Å²) in [6.07, 6.45) is 6.49. The molecule has 3 nitrogen and oxygen atoms in total. The highest BCUT2D eigenvalue weighted by atomic mass is 79.9. The molecule has 0 heterocycles. The molecule has 3 rings (SSSR count). The van der Waals surface area contributed by atoms with Crippen LogP contribution in [0.1, 0.15) is 41.6 Å². The molecule has 1 aromatic carbocycles. The molecular weight excluding hydrogens is 328 g/mol. The first-order valence-electron chi connectivity index (χ1n) is 7.16. The number of Topliss-reactive ketones (excluding diaryl/α,β-unsaturated/α-hetero) is 1. The molecule has 0 aliphatic heterocycles. The van der Waals surface area contributed by atoms with Crippen LogP contribution in [0.15, 0.2) is 33.8 Å². The Kier molecular flexibility index (Phi) is 3.66. The Labute approximate surface area is 132 Å². The summed E-state index contributed by atoms with van der Waals surface area (Å²) < 4.78 is 0.943. The van der Waals surface area contributed by atoms with Crippen molar-refractivity contribution in [3.63, 3.8) is 0 Å². The highest BCUT2D eigenvalue weighted by Crippen LogP contribution is 2.47. The van der Waals surface area contributed by atoms with Crippen molar-refractivity contribution in [3.8, 4) is 0 Å². The smallest absolute Gasteiger partial charge is 0.169 e.